The molecule has 0 amide bonds. The highest BCUT2D eigenvalue weighted by molar-refractivity contribution is 5.79. The molecule has 0 aliphatic carbocycles. The molecule has 0 spiro atoms. The lowest BCUT2D eigenvalue weighted by Crippen LogP contribution is -2.37. The highest BCUT2D eigenvalue weighted by Crippen LogP contribution is 2.13. The summed E-state index contributed by atoms with van der Waals surface area (Å²) in [6.07, 6.45) is 4.45. The number of rotatable bonds is 11. The maximum atomic E-state index is 5.76. The lowest BCUT2D eigenvalue weighted by Gasteiger charge is -2.14. The minimum Gasteiger partial charge on any atom is -0.494 e. The van der Waals surface area contributed by atoms with Crippen LogP contribution in [-0.2, 0) is 16.0 Å². The molecule has 0 aromatic heterocycles. The van der Waals surface area contributed by atoms with Crippen molar-refractivity contribution >= 4 is 5.96 Å². The molecule has 1 aliphatic rings. The number of hydrogen-bond donors (Lipinski definition) is 2. The molecule has 2 rings (SSSR count). The third kappa shape index (κ3) is 8.06. The molecule has 1 aromatic carbocycles. The summed E-state index contributed by atoms with van der Waals surface area (Å²) in [4.78, 5) is 4.26. The quantitative estimate of drug-likeness (QED) is 0.360. The van der Waals surface area contributed by atoms with Crippen LogP contribution >= 0.6 is 0 Å². The van der Waals surface area contributed by atoms with Crippen molar-refractivity contribution in [3.8, 4) is 5.75 Å². The van der Waals surface area contributed by atoms with Gasteiger partial charge in [0, 0.05) is 33.4 Å². The van der Waals surface area contributed by atoms with E-state index in [9.17, 15) is 0 Å². The summed E-state index contributed by atoms with van der Waals surface area (Å²) in [5, 5.41) is 6.65. The number of nitrogens with zero attached hydrogens (tertiary/aromatic N) is 1. The Morgan fingerprint density at radius 2 is 2.19 bits per heavy atom. The van der Waals surface area contributed by atoms with E-state index in [4.69, 9.17) is 14.2 Å². The minimum absolute atomic E-state index is 0.277. The van der Waals surface area contributed by atoms with Crippen LogP contribution in [0.1, 0.15) is 38.2 Å². The summed E-state index contributed by atoms with van der Waals surface area (Å²) >= 11 is 0. The van der Waals surface area contributed by atoms with Crippen LogP contribution in [0.15, 0.2) is 29.3 Å². The van der Waals surface area contributed by atoms with Crippen molar-refractivity contribution in [2.24, 2.45) is 4.99 Å². The van der Waals surface area contributed by atoms with Crippen molar-refractivity contribution in [2.75, 3.05) is 40.0 Å². The van der Waals surface area contributed by atoms with E-state index < -0.39 is 0 Å². The van der Waals surface area contributed by atoms with Crippen molar-refractivity contribution in [1.29, 1.82) is 0 Å². The van der Waals surface area contributed by atoms with E-state index in [1.54, 1.807) is 7.05 Å². The van der Waals surface area contributed by atoms with E-state index >= 15 is 0 Å². The number of nitrogens with one attached hydrogen (secondary N) is 2. The van der Waals surface area contributed by atoms with E-state index in [0.29, 0.717) is 6.54 Å². The van der Waals surface area contributed by atoms with Gasteiger partial charge in [-0.1, -0.05) is 25.5 Å². The van der Waals surface area contributed by atoms with Crippen molar-refractivity contribution in [3.05, 3.63) is 29.8 Å². The molecule has 1 heterocycles. The maximum absolute atomic E-state index is 5.76. The first-order valence-corrected chi connectivity index (χ1v) is 9.67. The highest BCUT2D eigenvalue weighted by Gasteiger charge is 2.15. The van der Waals surface area contributed by atoms with Crippen LogP contribution < -0.4 is 15.4 Å². The molecule has 1 fully saturated rings. The molecule has 2 N–H and O–H groups in total. The third-order valence-electron chi connectivity index (χ3n) is 4.20. The van der Waals surface area contributed by atoms with E-state index in [1.165, 1.54) is 5.56 Å². The van der Waals surface area contributed by atoms with Gasteiger partial charge in [-0.2, -0.15) is 0 Å². The molecular formula is C20H33N3O3. The van der Waals surface area contributed by atoms with Gasteiger partial charge in [0.2, 0.25) is 0 Å². The fraction of sp³-hybridized carbons (Fsp3) is 0.650. The van der Waals surface area contributed by atoms with E-state index in [-0.39, 0.29) is 6.10 Å². The van der Waals surface area contributed by atoms with Gasteiger partial charge in [0.1, 0.15) is 5.75 Å². The first kappa shape index (κ1) is 20.5. The molecule has 0 saturated carbocycles. The van der Waals surface area contributed by atoms with Crippen LogP contribution in [0, 0.1) is 0 Å². The lowest BCUT2D eigenvalue weighted by molar-refractivity contribution is 0.0420. The number of hydrogen-bond acceptors (Lipinski definition) is 4. The molecular weight excluding hydrogens is 330 g/mol. The molecule has 1 aliphatic heterocycles. The summed E-state index contributed by atoms with van der Waals surface area (Å²) in [5.74, 6) is 1.72. The predicted octanol–water partition coefficient (Wildman–Crippen LogP) is 2.73. The second-order valence-corrected chi connectivity index (χ2v) is 6.41. The monoisotopic (exact) mass is 363 g/mol. The minimum atomic E-state index is 0.277. The Balaban J connectivity index is 1.62. The first-order chi connectivity index (χ1) is 12.8. The number of aliphatic imine (C=N–C) groups is 1. The molecule has 6 heteroatoms. The van der Waals surface area contributed by atoms with Crippen LogP contribution in [0.5, 0.6) is 5.75 Å². The van der Waals surface area contributed by atoms with Gasteiger partial charge in [0.15, 0.2) is 5.96 Å². The normalized spacial score (nSPS) is 17.3. The van der Waals surface area contributed by atoms with Crippen molar-refractivity contribution in [3.63, 3.8) is 0 Å². The predicted molar refractivity (Wildman–Crippen MR) is 105 cm³/mol. The zero-order valence-electron chi connectivity index (χ0n) is 16.1. The molecule has 26 heavy (non-hydrogen) atoms. The molecule has 0 radical (unpaired) electrons. The molecule has 1 aromatic rings. The average molecular weight is 364 g/mol. The van der Waals surface area contributed by atoms with Crippen LogP contribution in [0.4, 0.5) is 0 Å². The Morgan fingerprint density at radius 3 is 2.96 bits per heavy atom. The van der Waals surface area contributed by atoms with Gasteiger partial charge in [0.25, 0.3) is 0 Å². The van der Waals surface area contributed by atoms with Gasteiger partial charge in [0.05, 0.1) is 19.3 Å². The van der Waals surface area contributed by atoms with Crippen LogP contribution in [0.25, 0.3) is 0 Å². The summed E-state index contributed by atoms with van der Waals surface area (Å²) in [7, 11) is 1.78. The summed E-state index contributed by atoms with van der Waals surface area (Å²) in [6.45, 7) is 6.77. The lowest BCUT2D eigenvalue weighted by atomic mass is 10.2. The molecule has 6 nitrogen and oxygen atoms in total. The van der Waals surface area contributed by atoms with Gasteiger partial charge >= 0.3 is 0 Å². The Kier molecular flexibility index (Phi) is 9.90. The summed E-state index contributed by atoms with van der Waals surface area (Å²) < 4.78 is 16.8. The molecule has 1 atom stereocenters. The average Bonchev–Trinajstić information content (AvgIpc) is 3.18. The summed E-state index contributed by atoms with van der Waals surface area (Å²) in [6, 6.07) is 8.19. The van der Waals surface area contributed by atoms with E-state index in [0.717, 1.165) is 70.4 Å². The van der Waals surface area contributed by atoms with Crippen molar-refractivity contribution in [1.82, 2.24) is 10.6 Å². The second-order valence-electron chi connectivity index (χ2n) is 6.41. The third-order valence-corrected chi connectivity index (χ3v) is 4.20. The molecule has 0 bridgehead atoms. The highest BCUT2D eigenvalue weighted by atomic mass is 16.5. The van der Waals surface area contributed by atoms with Gasteiger partial charge in [-0.25, -0.2) is 0 Å². The van der Waals surface area contributed by atoms with Gasteiger partial charge in [-0.3, -0.25) is 4.99 Å². The Labute approximate surface area is 157 Å². The Morgan fingerprint density at radius 1 is 1.27 bits per heavy atom. The number of guanidine groups is 1. The maximum Gasteiger partial charge on any atom is 0.191 e. The van der Waals surface area contributed by atoms with Crippen LogP contribution in [0.3, 0.4) is 0 Å². The topological polar surface area (TPSA) is 64.1 Å². The van der Waals surface area contributed by atoms with Gasteiger partial charge in [-0.15, -0.1) is 0 Å². The largest absolute Gasteiger partial charge is 0.494 e. The zero-order valence-corrected chi connectivity index (χ0v) is 16.1. The molecule has 1 saturated heterocycles. The van der Waals surface area contributed by atoms with Crippen LogP contribution in [0.2, 0.25) is 0 Å². The zero-order chi connectivity index (χ0) is 18.5. The Hall–Kier alpha value is -1.79. The smallest absolute Gasteiger partial charge is 0.191 e. The SMILES string of the molecule is CCCCOc1cccc(CNC(=NC)NCCCOC2CCOC2)c1. The molecule has 1 unspecified atom stereocenters. The fourth-order valence-corrected chi connectivity index (χ4v) is 2.66. The number of ether oxygens (including phenoxy) is 3. The Bertz CT molecular complexity index is 531. The first-order valence-electron chi connectivity index (χ1n) is 9.67. The standard InChI is InChI=1S/C20H33N3O3/c1-3-4-11-25-18-8-5-7-17(14-18)15-23-20(21-2)22-10-6-12-26-19-9-13-24-16-19/h5,7-8,14,19H,3-4,6,9-13,15-16H2,1-2H3,(H2,21,22,23). The van der Waals surface area contributed by atoms with Gasteiger partial charge in [-0.05, 0) is 37.0 Å². The van der Waals surface area contributed by atoms with Crippen molar-refractivity contribution in [2.45, 2.75) is 45.3 Å². The van der Waals surface area contributed by atoms with Crippen LogP contribution in [-0.4, -0.2) is 52.1 Å². The van der Waals surface area contributed by atoms with E-state index in [1.807, 2.05) is 12.1 Å². The van der Waals surface area contributed by atoms with E-state index in [2.05, 4.69) is 34.7 Å². The molecule has 146 valence electrons. The van der Waals surface area contributed by atoms with Gasteiger partial charge < -0.3 is 24.8 Å². The second kappa shape index (κ2) is 12.5. The number of benzene rings is 1. The van der Waals surface area contributed by atoms with Crippen molar-refractivity contribution < 1.29 is 14.2 Å². The summed E-state index contributed by atoms with van der Waals surface area (Å²) in [5.41, 5.74) is 1.17. The number of unbranched alkanes of at least 4 members (excludes halogenated alkanes) is 1. The fourth-order valence-electron chi connectivity index (χ4n) is 2.66.